The van der Waals surface area contributed by atoms with Gasteiger partial charge in [0.15, 0.2) is 6.04 Å². The van der Waals surface area contributed by atoms with Crippen molar-refractivity contribution in [3.8, 4) is 0 Å². The van der Waals surface area contributed by atoms with Gasteiger partial charge in [-0.05, 0) is 29.8 Å². The lowest BCUT2D eigenvalue weighted by Crippen LogP contribution is -2.19. The Kier molecular flexibility index (Phi) is 3.20. The van der Waals surface area contributed by atoms with Gasteiger partial charge in [-0.3, -0.25) is 0 Å². The van der Waals surface area contributed by atoms with Crippen LogP contribution in [0.15, 0.2) is 60.8 Å². The molecule has 1 heterocycles. The molecule has 3 rings (SSSR count). The standard InChI is InChI=1S/C16H12ClNO2/c17-13-6-7-14-12(10-13)8-9-18(14)15(16(19)20)11-4-2-1-3-5-11/h1-10,15H,(H,19,20). The molecule has 2 aromatic carbocycles. The predicted octanol–water partition coefficient (Wildman–Crippen LogP) is 3.97. The fourth-order valence-corrected chi connectivity index (χ4v) is 2.60. The fraction of sp³-hybridized carbons (Fsp3) is 0.0625. The molecule has 0 spiro atoms. The zero-order valence-corrected chi connectivity index (χ0v) is 11.3. The lowest BCUT2D eigenvalue weighted by atomic mass is 10.1. The number of hydrogen-bond acceptors (Lipinski definition) is 1. The van der Waals surface area contributed by atoms with E-state index in [2.05, 4.69) is 0 Å². The first kappa shape index (κ1) is 12.8. The number of fused-ring (bicyclic) bond motifs is 1. The minimum atomic E-state index is -0.886. The van der Waals surface area contributed by atoms with Crippen LogP contribution in [0.1, 0.15) is 11.6 Å². The minimum Gasteiger partial charge on any atom is -0.479 e. The molecule has 0 amide bonds. The van der Waals surface area contributed by atoms with Crippen molar-refractivity contribution >= 4 is 28.5 Å². The van der Waals surface area contributed by atoms with Crippen molar-refractivity contribution in [1.82, 2.24) is 4.57 Å². The van der Waals surface area contributed by atoms with Crippen LogP contribution in [0.5, 0.6) is 0 Å². The van der Waals surface area contributed by atoms with Crippen molar-refractivity contribution < 1.29 is 9.90 Å². The number of hydrogen-bond donors (Lipinski definition) is 1. The van der Waals surface area contributed by atoms with Crippen LogP contribution in [-0.4, -0.2) is 15.6 Å². The molecule has 3 nitrogen and oxygen atoms in total. The highest BCUT2D eigenvalue weighted by Gasteiger charge is 2.22. The zero-order valence-electron chi connectivity index (χ0n) is 10.5. The number of benzene rings is 2. The van der Waals surface area contributed by atoms with Crippen molar-refractivity contribution in [2.45, 2.75) is 6.04 Å². The van der Waals surface area contributed by atoms with E-state index >= 15 is 0 Å². The molecule has 0 aliphatic carbocycles. The summed E-state index contributed by atoms with van der Waals surface area (Å²) in [7, 11) is 0. The van der Waals surface area contributed by atoms with E-state index in [1.54, 1.807) is 16.8 Å². The van der Waals surface area contributed by atoms with E-state index in [0.717, 1.165) is 16.5 Å². The average molecular weight is 286 g/mol. The van der Waals surface area contributed by atoms with Crippen molar-refractivity contribution in [2.24, 2.45) is 0 Å². The lowest BCUT2D eigenvalue weighted by molar-refractivity contribution is -0.139. The molecule has 0 radical (unpaired) electrons. The molecular weight excluding hydrogens is 274 g/mol. The van der Waals surface area contributed by atoms with E-state index in [9.17, 15) is 9.90 Å². The van der Waals surface area contributed by atoms with Gasteiger partial charge in [-0.15, -0.1) is 0 Å². The van der Waals surface area contributed by atoms with Crippen LogP contribution < -0.4 is 0 Å². The highest BCUT2D eigenvalue weighted by atomic mass is 35.5. The van der Waals surface area contributed by atoms with Crippen LogP contribution in [0.4, 0.5) is 0 Å². The first-order valence-electron chi connectivity index (χ1n) is 6.20. The summed E-state index contributed by atoms with van der Waals surface area (Å²) in [6.45, 7) is 0. The quantitative estimate of drug-likeness (QED) is 0.791. The summed E-state index contributed by atoms with van der Waals surface area (Å²) in [6.07, 6.45) is 1.78. The maximum atomic E-state index is 11.7. The van der Waals surface area contributed by atoms with E-state index in [4.69, 9.17) is 11.6 Å². The Morgan fingerprint density at radius 3 is 2.55 bits per heavy atom. The van der Waals surface area contributed by atoms with E-state index in [1.165, 1.54) is 0 Å². The molecule has 0 fully saturated rings. The highest BCUT2D eigenvalue weighted by Crippen LogP contribution is 2.27. The molecule has 1 aromatic heterocycles. The fourth-order valence-electron chi connectivity index (χ4n) is 2.42. The maximum Gasteiger partial charge on any atom is 0.331 e. The topological polar surface area (TPSA) is 42.2 Å². The van der Waals surface area contributed by atoms with Gasteiger partial charge in [0, 0.05) is 22.1 Å². The second kappa shape index (κ2) is 5.02. The van der Waals surface area contributed by atoms with Gasteiger partial charge in [-0.2, -0.15) is 0 Å². The van der Waals surface area contributed by atoms with Gasteiger partial charge in [0.1, 0.15) is 0 Å². The number of carbonyl (C=O) groups is 1. The van der Waals surface area contributed by atoms with E-state index < -0.39 is 12.0 Å². The first-order valence-corrected chi connectivity index (χ1v) is 6.58. The van der Waals surface area contributed by atoms with Gasteiger partial charge < -0.3 is 9.67 Å². The first-order chi connectivity index (χ1) is 9.66. The highest BCUT2D eigenvalue weighted by molar-refractivity contribution is 6.31. The average Bonchev–Trinajstić information content (AvgIpc) is 2.83. The van der Waals surface area contributed by atoms with Crippen LogP contribution in [-0.2, 0) is 4.79 Å². The van der Waals surface area contributed by atoms with Crippen LogP contribution in [0.3, 0.4) is 0 Å². The monoisotopic (exact) mass is 285 g/mol. The molecule has 1 N–H and O–H groups in total. The van der Waals surface area contributed by atoms with Gasteiger partial charge in [-0.25, -0.2) is 4.79 Å². The molecule has 0 bridgehead atoms. The minimum absolute atomic E-state index is 0.641. The van der Waals surface area contributed by atoms with Crippen molar-refractivity contribution in [1.29, 1.82) is 0 Å². The molecule has 0 aliphatic heterocycles. The number of carboxylic acid groups (broad SMARTS) is 1. The van der Waals surface area contributed by atoms with Gasteiger partial charge in [0.2, 0.25) is 0 Å². The predicted molar refractivity (Wildman–Crippen MR) is 79.2 cm³/mol. The Labute approximate surface area is 121 Å². The molecule has 0 saturated carbocycles. The Bertz CT molecular complexity index is 765. The third kappa shape index (κ3) is 2.17. The number of rotatable bonds is 3. The van der Waals surface area contributed by atoms with Gasteiger partial charge >= 0.3 is 5.97 Å². The number of aliphatic carboxylic acids is 1. The number of aromatic nitrogens is 1. The van der Waals surface area contributed by atoms with Crippen LogP contribution >= 0.6 is 11.6 Å². The number of halogens is 1. The molecule has 0 aliphatic rings. The van der Waals surface area contributed by atoms with Gasteiger partial charge in [-0.1, -0.05) is 41.9 Å². The molecule has 1 unspecified atom stereocenters. The Hall–Kier alpha value is -2.26. The van der Waals surface area contributed by atoms with Crippen LogP contribution in [0.2, 0.25) is 5.02 Å². The smallest absolute Gasteiger partial charge is 0.331 e. The summed E-state index contributed by atoms with van der Waals surface area (Å²) in [4.78, 5) is 11.7. The molecule has 100 valence electrons. The lowest BCUT2D eigenvalue weighted by Gasteiger charge is -2.16. The maximum absolute atomic E-state index is 11.7. The summed E-state index contributed by atoms with van der Waals surface area (Å²) < 4.78 is 1.75. The van der Waals surface area contributed by atoms with E-state index in [0.29, 0.717) is 5.02 Å². The number of nitrogens with zero attached hydrogens (tertiary/aromatic N) is 1. The zero-order chi connectivity index (χ0) is 14.1. The summed E-state index contributed by atoms with van der Waals surface area (Å²) in [5.41, 5.74) is 1.60. The van der Waals surface area contributed by atoms with Crippen molar-refractivity contribution in [3.63, 3.8) is 0 Å². The molecular formula is C16H12ClNO2. The third-order valence-corrected chi connectivity index (χ3v) is 3.54. The van der Waals surface area contributed by atoms with Gasteiger partial charge in [0.05, 0.1) is 0 Å². The van der Waals surface area contributed by atoms with E-state index in [1.807, 2.05) is 48.5 Å². The van der Waals surface area contributed by atoms with Crippen molar-refractivity contribution in [2.75, 3.05) is 0 Å². The summed E-state index contributed by atoms with van der Waals surface area (Å²) in [5, 5.41) is 11.1. The Morgan fingerprint density at radius 2 is 1.85 bits per heavy atom. The molecule has 20 heavy (non-hydrogen) atoms. The van der Waals surface area contributed by atoms with Gasteiger partial charge in [0.25, 0.3) is 0 Å². The normalized spacial score (nSPS) is 12.4. The molecule has 3 aromatic rings. The van der Waals surface area contributed by atoms with Crippen LogP contribution in [0, 0.1) is 0 Å². The number of carboxylic acids is 1. The Balaban J connectivity index is 2.18. The summed E-state index contributed by atoms with van der Waals surface area (Å²) in [6, 6.07) is 15.8. The molecule has 0 saturated heterocycles. The largest absolute Gasteiger partial charge is 0.479 e. The molecule has 4 heteroatoms. The summed E-state index contributed by atoms with van der Waals surface area (Å²) >= 11 is 5.96. The Morgan fingerprint density at radius 1 is 1.10 bits per heavy atom. The van der Waals surface area contributed by atoms with Crippen LogP contribution in [0.25, 0.3) is 10.9 Å². The third-order valence-electron chi connectivity index (χ3n) is 3.31. The second-order valence-electron chi connectivity index (χ2n) is 4.58. The second-order valence-corrected chi connectivity index (χ2v) is 5.01. The SMILES string of the molecule is O=C(O)C(c1ccccc1)n1ccc2cc(Cl)ccc21. The summed E-state index contributed by atoms with van der Waals surface area (Å²) in [5.74, 6) is -0.886. The molecule has 1 atom stereocenters. The van der Waals surface area contributed by atoms with Crippen molar-refractivity contribution in [3.05, 3.63) is 71.4 Å². The van der Waals surface area contributed by atoms with E-state index in [-0.39, 0.29) is 0 Å².